The highest BCUT2D eigenvalue weighted by atomic mass is 15.2. The summed E-state index contributed by atoms with van der Waals surface area (Å²) in [6.45, 7) is 10.3. The second-order valence-electron chi connectivity index (χ2n) is 4.56. The number of hydrogen-bond acceptors (Lipinski definition) is 3. The first kappa shape index (κ1) is 12.4. The summed E-state index contributed by atoms with van der Waals surface area (Å²) in [7, 11) is 0. The molecule has 0 amide bonds. The minimum atomic E-state index is 0.657. The fraction of sp³-hybridized carbons (Fsp3) is 0.833. The Morgan fingerprint density at radius 2 is 2.07 bits per heavy atom. The maximum atomic E-state index is 5.49. The van der Waals surface area contributed by atoms with Crippen LogP contribution in [-0.4, -0.2) is 41.5 Å². The molecule has 88 valence electrons. The Morgan fingerprint density at radius 3 is 2.60 bits per heavy atom. The molecule has 0 aromatic heterocycles. The van der Waals surface area contributed by atoms with Crippen molar-refractivity contribution < 1.29 is 0 Å². The van der Waals surface area contributed by atoms with Crippen molar-refractivity contribution in [3.63, 3.8) is 0 Å². The fourth-order valence-corrected chi connectivity index (χ4v) is 2.28. The molecule has 0 aromatic carbocycles. The van der Waals surface area contributed by atoms with Crippen LogP contribution >= 0.6 is 0 Å². The third-order valence-electron chi connectivity index (χ3n) is 3.34. The third-order valence-corrected chi connectivity index (χ3v) is 3.34. The lowest BCUT2D eigenvalue weighted by atomic mass is 10.1. The van der Waals surface area contributed by atoms with E-state index in [0.29, 0.717) is 12.1 Å². The maximum Gasteiger partial charge on any atom is 0.0304 e. The van der Waals surface area contributed by atoms with E-state index in [1.54, 1.807) is 6.20 Å². The summed E-state index contributed by atoms with van der Waals surface area (Å²) >= 11 is 0. The highest BCUT2D eigenvalue weighted by molar-refractivity contribution is 4.87. The van der Waals surface area contributed by atoms with Crippen LogP contribution in [0.5, 0.6) is 0 Å². The average Bonchev–Trinajstić information content (AvgIpc) is 2.41. The summed E-state index contributed by atoms with van der Waals surface area (Å²) in [5.74, 6) is 0. The van der Waals surface area contributed by atoms with Crippen LogP contribution < -0.4 is 5.73 Å². The molecule has 1 aliphatic heterocycles. The van der Waals surface area contributed by atoms with E-state index in [2.05, 4.69) is 30.6 Å². The number of nitrogens with two attached hydrogens (primary N) is 1. The minimum Gasteiger partial charge on any atom is -0.403 e. The molecule has 0 saturated carbocycles. The van der Waals surface area contributed by atoms with Gasteiger partial charge in [0, 0.05) is 44.1 Å². The Kier molecular flexibility index (Phi) is 4.95. The highest BCUT2D eigenvalue weighted by Crippen LogP contribution is 2.15. The second-order valence-corrected chi connectivity index (χ2v) is 4.56. The SMILES string of the molecule is CCC1CCN(C(C)C)CCN1/C=C\N. The van der Waals surface area contributed by atoms with Crippen molar-refractivity contribution in [2.45, 2.75) is 45.7 Å². The molecule has 15 heavy (non-hydrogen) atoms. The summed E-state index contributed by atoms with van der Waals surface area (Å²) in [6, 6.07) is 1.32. The predicted molar refractivity (Wildman–Crippen MR) is 65.4 cm³/mol. The smallest absolute Gasteiger partial charge is 0.0304 e. The van der Waals surface area contributed by atoms with Gasteiger partial charge in [-0.15, -0.1) is 0 Å². The first-order chi connectivity index (χ1) is 7.19. The predicted octanol–water partition coefficient (Wildman–Crippen LogP) is 1.61. The van der Waals surface area contributed by atoms with Crippen LogP contribution in [0, 0.1) is 0 Å². The summed E-state index contributed by atoms with van der Waals surface area (Å²) in [4.78, 5) is 4.94. The van der Waals surface area contributed by atoms with E-state index in [0.717, 1.165) is 13.1 Å². The van der Waals surface area contributed by atoms with E-state index in [-0.39, 0.29) is 0 Å². The van der Waals surface area contributed by atoms with Crippen molar-refractivity contribution in [3.8, 4) is 0 Å². The zero-order valence-electron chi connectivity index (χ0n) is 10.3. The monoisotopic (exact) mass is 211 g/mol. The Hall–Kier alpha value is -0.700. The topological polar surface area (TPSA) is 32.5 Å². The Labute approximate surface area is 93.9 Å². The Bertz CT molecular complexity index is 201. The summed E-state index contributed by atoms with van der Waals surface area (Å²) in [6.07, 6.45) is 6.15. The molecule has 1 atom stereocenters. The molecule has 1 unspecified atom stereocenters. The van der Waals surface area contributed by atoms with E-state index < -0.39 is 0 Å². The van der Waals surface area contributed by atoms with Gasteiger partial charge in [0.05, 0.1) is 0 Å². The lowest BCUT2D eigenvalue weighted by Crippen LogP contribution is -2.34. The molecule has 0 spiro atoms. The van der Waals surface area contributed by atoms with Gasteiger partial charge in [0.1, 0.15) is 0 Å². The van der Waals surface area contributed by atoms with E-state index in [4.69, 9.17) is 5.73 Å². The first-order valence-electron chi connectivity index (χ1n) is 6.07. The van der Waals surface area contributed by atoms with Crippen molar-refractivity contribution in [3.05, 3.63) is 12.4 Å². The number of rotatable bonds is 3. The van der Waals surface area contributed by atoms with E-state index in [1.165, 1.54) is 19.4 Å². The Morgan fingerprint density at radius 1 is 1.33 bits per heavy atom. The average molecular weight is 211 g/mol. The zero-order valence-corrected chi connectivity index (χ0v) is 10.3. The van der Waals surface area contributed by atoms with E-state index >= 15 is 0 Å². The molecule has 0 aliphatic carbocycles. The lowest BCUT2D eigenvalue weighted by Gasteiger charge is -2.27. The zero-order chi connectivity index (χ0) is 11.3. The molecule has 1 fully saturated rings. The summed E-state index contributed by atoms with van der Waals surface area (Å²) in [5, 5.41) is 0. The van der Waals surface area contributed by atoms with Gasteiger partial charge in [-0.05, 0) is 26.7 Å². The molecule has 3 heteroatoms. The summed E-state index contributed by atoms with van der Waals surface area (Å²) in [5.41, 5.74) is 5.49. The van der Waals surface area contributed by atoms with Crippen LogP contribution in [0.3, 0.4) is 0 Å². The molecule has 3 nitrogen and oxygen atoms in total. The van der Waals surface area contributed by atoms with E-state index in [1.807, 2.05) is 6.20 Å². The quantitative estimate of drug-likeness (QED) is 0.770. The van der Waals surface area contributed by atoms with Gasteiger partial charge in [0.2, 0.25) is 0 Å². The normalized spacial score (nSPS) is 25.1. The molecular weight excluding hydrogens is 186 g/mol. The summed E-state index contributed by atoms with van der Waals surface area (Å²) < 4.78 is 0. The van der Waals surface area contributed by atoms with Crippen LogP contribution in [0.15, 0.2) is 12.4 Å². The molecule has 2 N–H and O–H groups in total. The van der Waals surface area contributed by atoms with Crippen LogP contribution in [0.25, 0.3) is 0 Å². The third kappa shape index (κ3) is 3.42. The molecule has 1 rings (SSSR count). The van der Waals surface area contributed by atoms with Gasteiger partial charge in [-0.1, -0.05) is 6.92 Å². The van der Waals surface area contributed by atoms with Gasteiger partial charge in [-0.3, -0.25) is 4.90 Å². The fourth-order valence-electron chi connectivity index (χ4n) is 2.28. The van der Waals surface area contributed by atoms with Crippen molar-refractivity contribution in [1.82, 2.24) is 9.80 Å². The van der Waals surface area contributed by atoms with Gasteiger partial charge in [0.25, 0.3) is 0 Å². The van der Waals surface area contributed by atoms with Crippen LogP contribution in [0.1, 0.15) is 33.6 Å². The van der Waals surface area contributed by atoms with Crippen molar-refractivity contribution in [2.75, 3.05) is 19.6 Å². The first-order valence-corrected chi connectivity index (χ1v) is 6.07. The van der Waals surface area contributed by atoms with Crippen LogP contribution in [0.2, 0.25) is 0 Å². The van der Waals surface area contributed by atoms with Gasteiger partial charge in [-0.2, -0.15) is 0 Å². The number of nitrogens with zero attached hydrogens (tertiary/aromatic N) is 2. The van der Waals surface area contributed by atoms with Crippen molar-refractivity contribution in [2.24, 2.45) is 5.73 Å². The molecular formula is C12H25N3. The van der Waals surface area contributed by atoms with Gasteiger partial charge in [0.15, 0.2) is 0 Å². The Balaban J connectivity index is 2.59. The van der Waals surface area contributed by atoms with Crippen molar-refractivity contribution in [1.29, 1.82) is 0 Å². The molecule has 1 saturated heterocycles. The molecule has 1 aliphatic rings. The minimum absolute atomic E-state index is 0.657. The molecule has 0 aromatic rings. The molecule has 1 heterocycles. The van der Waals surface area contributed by atoms with Crippen LogP contribution in [-0.2, 0) is 0 Å². The van der Waals surface area contributed by atoms with E-state index in [9.17, 15) is 0 Å². The van der Waals surface area contributed by atoms with Crippen molar-refractivity contribution >= 4 is 0 Å². The van der Waals surface area contributed by atoms with Gasteiger partial charge < -0.3 is 10.6 Å². The molecule has 0 radical (unpaired) electrons. The maximum absolute atomic E-state index is 5.49. The highest BCUT2D eigenvalue weighted by Gasteiger charge is 2.21. The lowest BCUT2D eigenvalue weighted by molar-refractivity contribution is 0.230. The second kappa shape index (κ2) is 6.01. The van der Waals surface area contributed by atoms with Crippen LogP contribution in [0.4, 0.5) is 0 Å². The largest absolute Gasteiger partial charge is 0.403 e. The van der Waals surface area contributed by atoms with Gasteiger partial charge in [-0.25, -0.2) is 0 Å². The standard InChI is InChI=1S/C12H25N3/c1-4-12-5-7-14(11(2)3)9-10-15(12)8-6-13/h6,8,11-12H,4-5,7,9-10,13H2,1-3H3/b8-6-. The number of hydrogen-bond donors (Lipinski definition) is 1. The van der Waals surface area contributed by atoms with Gasteiger partial charge >= 0.3 is 0 Å². The molecule has 0 bridgehead atoms.